The first kappa shape index (κ1) is 13.7. The second-order valence-corrected chi connectivity index (χ2v) is 6.71. The standard InChI is InChI=1S/C15H29NS/c1-2-6-14-7-10-16(11-14)12-15(13-17)8-4-3-5-9-15/h14,17H,2-13H2,1H3. The molecular formula is C15H29NS. The maximum atomic E-state index is 4.66. The van der Waals surface area contributed by atoms with Crippen LogP contribution in [0, 0.1) is 11.3 Å². The smallest absolute Gasteiger partial charge is 0.00459 e. The quantitative estimate of drug-likeness (QED) is 0.727. The Kier molecular flexibility index (Phi) is 5.23. The Hall–Kier alpha value is 0.310. The highest BCUT2D eigenvalue weighted by Gasteiger charge is 2.34. The van der Waals surface area contributed by atoms with Crippen LogP contribution in [0.2, 0.25) is 0 Å². The maximum absolute atomic E-state index is 4.66. The minimum atomic E-state index is 0.558. The number of thiol groups is 1. The summed E-state index contributed by atoms with van der Waals surface area (Å²) in [5.74, 6) is 2.09. The normalized spacial score (nSPS) is 29.6. The molecule has 0 bridgehead atoms. The molecule has 0 aromatic heterocycles. The Morgan fingerprint density at radius 3 is 2.65 bits per heavy atom. The van der Waals surface area contributed by atoms with Crippen molar-refractivity contribution in [2.24, 2.45) is 11.3 Å². The Bertz CT molecular complexity index is 223. The number of likely N-dealkylation sites (tertiary alicyclic amines) is 1. The molecule has 1 atom stereocenters. The molecule has 2 fully saturated rings. The van der Waals surface area contributed by atoms with Gasteiger partial charge in [0.25, 0.3) is 0 Å². The van der Waals surface area contributed by atoms with Gasteiger partial charge in [-0.2, -0.15) is 12.6 Å². The Morgan fingerprint density at radius 1 is 1.24 bits per heavy atom. The summed E-state index contributed by atoms with van der Waals surface area (Å²) in [5.41, 5.74) is 0.558. The van der Waals surface area contributed by atoms with Crippen molar-refractivity contribution in [3.63, 3.8) is 0 Å². The van der Waals surface area contributed by atoms with Gasteiger partial charge in [0.2, 0.25) is 0 Å². The molecule has 1 nitrogen and oxygen atoms in total. The summed E-state index contributed by atoms with van der Waals surface area (Å²) in [6.45, 7) is 6.36. The summed E-state index contributed by atoms with van der Waals surface area (Å²) in [5, 5.41) is 0. The van der Waals surface area contributed by atoms with E-state index in [1.165, 1.54) is 71.0 Å². The molecular weight excluding hydrogens is 226 g/mol. The minimum absolute atomic E-state index is 0.558. The third kappa shape index (κ3) is 3.64. The summed E-state index contributed by atoms with van der Waals surface area (Å²) in [4.78, 5) is 2.74. The van der Waals surface area contributed by atoms with Crippen molar-refractivity contribution in [2.75, 3.05) is 25.4 Å². The second-order valence-electron chi connectivity index (χ2n) is 6.40. The molecule has 2 aliphatic rings. The van der Waals surface area contributed by atoms with Gasteiger partial charge in [0.1, 0.15) is 0 Å². The maximum Gasteiger partial charge on any atom is 0.00459 e. The van der Waals surface area contributed by atoms with E-state index in [-0.39, 0.29) is 0 Å². The molecule has 2 rings (SSSR count). The van der Waals surface area contributed by atoms with Gasteiger partial charge in [-0.15, -0.1) is 0 Å². The molecule has 0 aromatic rings. The van der Waals surface area contributed by atoms with E-state index in [4.69, 9.17) is 0 Å². The van der Waals surface area contributed by atoms with Crippen molar-refractivity contribution >= 4 is 12.6 Å². The van der Waals surface area contributed by atoms with E-state index in [1.807, 2.05) is 0 Å². The van der Waals surface area contributed by atoms with Crippen LogP contribution in [0.4, 0.5) is 0 Å². The molecule has 0 amide bonds. The van der Waals surface area contributed by atoms with Crippen LogP contribution in [0.1, 0.15) is 58.3 Å². The van der Waals surface area contributed by atoms with Gasteiger partial charge in [-0.25, -0.2) is 0 Å². The lowest BCUT2D eigenvalue weighted by atomic mass is 9.75. The van der Waals surface area contributed by atoms with Crippen molar-refractivity contribution < 1.29 is 0 Å². The first-order chi connectivity index (χ1) is 8.28. The van der Waals surface area contributed by atoms with Gasteiger partial charge in [-0.05, 0) is 49.3 Å². The fraction of sp³-hybridized carbons (Fsp3) is 1.00. The molecule has 1 aliphatic carbocycles. The molecule has 1 saturated heterocycles. The van der Waals surface area contributed by atoms with E-state index in [9.17, 15) is 0 Å². The molecule has 1 aliphatic heterocycles. The average Bonchev–Trinajstić information content (AvgIpc) is 2.78. The van der Waals surface area contributed by atoms with Crippen molar-refractivity contribution in [3.05, 3.63) is 0 Å². The molecule has 0 aromatic carbocycles. The van der Waals surface area contributed by atoms with Crippen LogP contribution in [-0.4, -0.2) is 30.3 Å². The first-order valence-electron chi connectivity index (χ1n) is 7.61. The van der Waals surface area contributed by atoms with Crippen molar-refractivity contribution in [1.29, 1.82) is 0 Å². The molecule has 1 saturated carbocycles. The van der Waals surface area contributed by atoms with Crippen LogP contribution >= 0.6 is 12.6 Å². The van der Waals surface area contributed by atoms with Crippen molar-refractivity contribution in [2.45, 2.75) is 58.3 Å². The first-order valence-corrected chi connectivity index (χ1v) is 8.24. The predicted molar refractivity (Wildman–Crippen MR) is 78.8 cm³/mol. The highest BCUT2D eigenvalue weighted by Crippen LogP contribution is 2.39. The summed E-state index contributed by atoms with van der Waals surface area (Å²) in [7, 11) is 0. The minimum Gasteiger partial charge on any atom is -0.302 e. The highest BCUT2D eigenvalue weighted by molar-refractivity contribution is 7.80. The molecule has 100 valence electrons. The highest BCUT2D eigenvalue weighted by atomic mass is 32.1. The molecule has 0 spiro atoms. The largest absolute Gasteiger partial charge is 0.302 e. The monoisotopic (exact) mass is 255 g/mol. The van der Waals surface area contributed by atoms with Crippen LogP contribution in [-0.2, 0) is 0 Å². The van der Waals surface area contributed by atoms with Crippen LogP contribution in [0.5, 0.6) is 0 Å². The number of rotatable bonds is 5. The third-order valence-electron chi connectivity index (χ3n) is 4.88. The Morgan fingerprint density at radius 2 is 2.00 bits per heavy atom. The average molecular weight is 255 g/mol. The Balaban J connectivity index is 1.83. The molecule has 0 radical (unpaired) electrons. The molecule has 0 N–H and O–H groups in total. The van der Waals surface area contributed by atoms with Gasteiger partial charge in [0.15, 0.2) is 0 Å². The number of nitrogens with zero attached hydrogens (tertiary/aromatic N) is 1. The Labute approximate surface area is 113 Å². The van der Waals surface area contributed by atoms with Crippen LogP contribution < -0.4 is 0 Å². The lowest BCUT2D eigenvalue weighted by molar-refractivity contribution is 0.140. The van der Waals surface area contributed by atoms with Gasteiger partial charge in [0, 0.05) is 13.1 Å². The van der Waals surface area contributed by atoms with Gasteiger partial charge in [0.05, 0.1) is 0 Å². The summed E-state index contributed by atoms with van der Waals surface area (Å²) in [6.07, 6.45) is 11.4. The summed E-state index contributed by atoms with van der Waals surface area (Å²) in [6, 6.07) is 0. The van der Waals surface area contributed by atoms with Gasteiger partial charge < -0.3 is 4.90 Å². The summed E-state index contributed by atoms with van der Waals surface area (Å²) < 4.78 is 0. The van der Waals surface area contributed by atoms with Gasteiger partial charge in [-0.3, -0.25) is 0 Å². The molecule has 1 heterocycles. The van der Waals surface area contributed by atoms with E-state index in [2.05, 4.69) is 24.5 Å². The van der Waals surface area contributed by atoms with Crippen LogP contribution in [0.15, 0.2) is 0 Å². The van der Waals surface area contributed by atoms with E-state index >= 15 is 0 Å². The molecule has 1 unspecified atom stereocenters. The van der Waals surface area contributed by atoms with Crippen molar-refractivity contribution in [1.82, 2.24) is 4.90 Å². The zero-order chi connectivity index (χ0) is 12.1. The third-order valence-corrected chi connectivity index (χ3v) is 5.55. The second kappa shape index (κ2) is 6.47. The summed E-state index contributed by atoms with van der Waals surface area (Å²) >= 11 is 4.66. The fourth-order valence-corrected chi connectivity index (χ4v) is 4.26. The molecule has 2 heteroatoms. The van der Waals surface area contributed by atoms with Gasteiger partial charge in [-0.1, -0.05) is 32.6 Å². The lowest BCUT2D eigenvalue weighted by Crippen LogP contribution is -2.39. The molecule has 17 heavy (non-hydrogen) atoms. The zero-order valence-corrected chi connectivity index (χ0v) is 12.4. The van der Waals surface area contributed by atoms with E-state index in [0.29, 0.717) is 5.41 Å². The van der Waals surface area contributed by atoms with Crippen molar-refractivity contribution in [3.8, 4) is 0 Å². The SMILES string of the molecule is CCCC1CCN(CC2(CS)CCCCC2)C1. The zero-order valence-electron chi connectivity index (χ0n) is 11.5. The van der Waals surface area contributed by atoms with E-state index in [1.54, 1.807) is 0 Å². The predicted octanol–water partition coefficient (Wildman–Crippen LogP) is 3.99. The van der Waals surface area contributed by atoms with Crippen LogP contribution in [0.25, 0.3) is 0 Å². The van der Waals surface area contributed by atoms with Crippen LogP contribution in [0.3, 0.4) is 0 Å². The van der Waals surface area contributed by atoms with Gasteiger partial charge >= 0.3 is 0 Å². The number of hydrogen-bond acceptors (Lipinski definition) is 2. The fourth-order valence-electron chi connectivity index (χ4n) is 3.84. The lowest BCUT2D eigenvalue weighted by Gasteiger charge is -2.39. The van der Waals surface area contributed by atoms with E-state index in [0.717, 1.165) is 11.7 Å². The number of hydrogen-bond donors (Lipinski definition) is 1. The topological polar surface area (TPSA) is 3.24 Å². The van der Waals surface area contributed by atoms with E-state index < -0.39 is 0 Å².